The average Bonchev–Trinajstić information content (AvgIpc) is 3.75. The van der Waals surface area contributed by atoms with Gasteiger partial charge in [0.15, 0.2) is 6.10 Å². The van der Waals surface area contributed by atoms with E-state index in [1.54, 1.807) is 0 Å². The lowest BCUT2D eigenvalue weighted by molar-refractivity contribution is -0.144. The number of benzene rings is 3. The lowest BCUT2D eigenvalue weighted by Crippen LogP contribution is -2.26. The van der Waals surface area contributed by atoms with E-state index >= 15 is 0 Å². The van der Waals surface area contributed by atoms with E-state index in [0.717, 1.165) is 33.3 Å². The van der Waals surface area contributed by atoms with Gasteiger partial charge in [-0.1, -0.05) is 36.4 Å². The van der Waals surface area contributed by atoms with Crippen LogP contribution in [-0.4, -0.2) is 27.7 Å². The number of aryl methyl sites for hydroxylation is 1. The number of carbonyl (C=O) groups is 2. The number of hydrogen-bond donors (Lipinski definition) is 2. The van der Waals surface area contributed by atoms with Crippen molar-refractivity contribution in [3.05, 3.63) is 100 Å². The van der Waals surface area contributed by atoms with Crippen molar-refractivity contribution in [2.24, 2.45) is 0 Å². The molecule has 1 aromatic heterocycles. The summed E-state index contributed by atoms with van der Waals surface area (Å²) in [7, 11) is 0. The summed E-state index contributed by atoms with van der Waals surface area (Å²) in [6.07, 6.45) is 1.61. The predicted molar refractivity (Wildman–Crippen MR) is 154 cm³/mol. The summed E-state index contributed by atoms with van der Waals surface area (Å²) in [5.41, 5.74) is 7.58. The summed E-state index contributed by atoms with van der Waals surface area (Å²) in [4.78, 5) is 24.3. The molecule has 2 N–H and O–H groups in total. The van der Waals surface area contributed by atoms with Crippen LogP contribution in [0.15, 0.2) is 66.7 Å². The van der Waals surface area contributed by atoms with E-state index in [0.29, 0.717) is 17.2 Å². The highest BCUT2D eigenvalue weighted by Gasteiger charge is 2.24. The van der Waals surface area contributed by atoms with E-state index in [1.165, 1.54) is 25.3 Å². The number of rotatable bonds is 9. The molecule has 1 heterocycles. The fraction of sp³-hybridized carbons (Fsp3) is 0.333. The number of ether oxygens (including phenoxy) is 1. The Hall–Kier alpha value is -4.06. The summed E-state index contributed by atoms with van der Waals surface area (Å²) in [6.45, 7) is 9.89. The Morgan fingerprint density at radius 2 is 1.67 bits per heavy atom. The van der Waals surface area contributed by atoms with E-state index in [-0.39, 0.29) is 18.0 Å². The molecule has 0 radical (unpaired) electrons. The molecule has 0 saturated heterocycles. The van der Waals surface area contributed by atoms with Crippen LogP contribution in [0.2, 0.25) is 0 Å². The topological polar surface area (TPSA) is 80.6 Å². The maximum atomic E-state index is 13.2. The number of carbonyl (C=O) groups excluding carboxylic acids is 1. The Bertz CT molecular complexity index is 1530. The predicted octanol–water partition coefficient (Wildman–Crippen LogP) is 7.09. The molecular weight excluding hydrogens is 488 g/mol. The summed E-state index contributed by atoms with van der Waals surface area (Å²) in [5.74, 6) is 0.128. The van der Waals surface area contributed by atoms with Gasteiger partial charge in [0.2, 0.25) is 0 Å². The second-order valence-electron chi connectivity index (χ2n) is 10.8. The molecular formula is C33H36N2O4. The van der Waals surface area contributed by atoms with E-state index in [2.05, 4.69) is 54.9 Å². The first kappa shape index (κ1) is 26.5. The minimum absolute atomic E-state index is 0.0330. The van der Waals surface area contributed by atoms with E-state index in [9.17, 15) is 9.59 Å². The lowest BCUT2D eigenvalue weighted by atomic mass is 10.0. The normalized spacial score (nSPS) is 15.5. The van der Waals surface area contributed by atoms with Gasteiger partial charge in [0.25, 0.3) is 5.91 Å². The van der Waals surface area contributed by atoms with Crippen LogP contribution >= 0.6 is 0 Å². The zero-order valence-electron chi connectivity index (χ0n) is 23.2. The zero-order valence-corrected chi connectivity index (χ0v) is 23.2. The standard InChI is InChI=1S/C33H36N2O4/c1-19-21(3)35(22(4)24-11-14-29(15-12-24)39-23(5)33(37)38)31-16-13-28(18-30(19)31)32(36)34-20(2)26-7-6-8-27(17-26)25-9-10-25/h6-8,11-18,20,22-23,25H,9-10H2,1-5H3,(H,34,36)(H,37,38). The molecule has 0 spiro atoms. The Kier molecular flexibility index (Phi) is 7.21. The number of aromatic nitrogens is 1. The number of hydrogen-bond acceptors (Lipinski definition) is 3. The fourth-order valence-electron chi connectivity index (χ4n) is 5.33. The number of nitrogens with one attached hydrogen (secondary N) is 1. The summed E-state index contributed by atoms with van der Waals surface area (Å²) in [6, 6.07) is 22.0. The summed E-state index contributed by atoms with van der Waals surface area (Å²) >= 11 is 0. The maximum Gasteiger partial charge on any atom is 0.344 e. The van der Waals surface area contributed by atoms with Crippen molar-refractivity contribution in [2.45, 2.75) is 71.6 Å². The van der Waals surface area contributed by atoms with Crippen LogP contribution in [-0.2, 0) is 4.79 Å². The van der Waals surface area contributed by atoms with Gasteiger partial charge in [-0.05, 0) is 106 Å². The first-order valence-electron chi connectivity index (χ1n) is 13.6. The van der Waals surface area contributed by atoms with Gasteiger partial charge in [-0.25, -0.2) is 4.79 Å². The molecule has 3 atom stereocenters. The van der Waals surface area contributed by atoms with Crippen LogP contribution in [0.25, 0.3) is 10.9 Å². The van der Waals surface area contributed by atoms with Gasteiger partial charge in [0.1, 0.15) is 5.75 Å². The zero-order chi connectivity index (χ0) is 27.8. The minimum Gasteiger partial charge on any atom is -0.479 e. The summed E-state index contributed by atoms with van der Waals surface area (Å²) < 4.78 is 7.77. The first-order valence-corrected chi connectivity index (χ1v) is 13.6. The molecule has 3 aromatic carbocycles. The van der Waals surface area contributed by atoms with Crippen molar-refractivity contribution in [1.82, 2.24) is 9.88 Å². The number of amides is 1. The highest BCUT2D eigenvalue weighted by molar-refractivity contribution is 5.99. The fourth-order valence-corrected chi connectivity index (χ4v) is 5.33. The molecule has 0 bridgehead atoms. The molecule has 1 aliphatic carbocycles. The Morgan fingerprint density at radius 1 is 0.949 bits per heavy atom. The molecule has 202 valence electrons. The highest BCUT2D eigenvalue weighted by atomic mass is 16.5. The molecule has 3 unspecified atom stereocenters. The number of carboxylic acids is 1. The van der Waals surface area contributed by atoms with Gasteiger partial charge < -0.3 is 19.7 Å². The third-order valence-electron chi connectivity index (χ3n) is 8.04. The second kappa shape index (κ2) is 10.6. The SMILES string of the molecule is Cc1c(C)n(C(C)c2ccc(OC(C)C(=O)O)cc2)c2ccc(C(=O)NC(C)c3cccc(C4CC4)c3)cc12. The molecule has 6 nitrogen and oxygen atoms in total. The van der Waals surface area contributed by atoms with Gasteiger partial charge in [0, 0.05) is 22.2 Å². The quantitative estimate of drug-likeness (QED) is 0.245. The maximum absolute atomic E-state index is 13.2. The first-order chi connectivity index (χ1) is 18.6. The van der Waals surface area contributed by atoms with Crippen molar-refractivity contribution >= 4 is 22.8 Å². The van der Waals surface area contributed by atoms with Crippen molar-refractivity contribution < 1.29 is 19.4 Å². The van der Waals surface area contributed by atoms with Crippen LogP contribution in [0, 0.1) is 13.8 Å². The van der Waals surface area contributed by atoms with Gasteiger partial charge in [-0.2, -0.15) is 0 Å². The Morgan fingerprint density at radius 3 is 2.33 bits per heavy atom. The summed E-state index contributed by atoms with van der Waals surface area (Å²) in [5, 5.41) is 13.3. The smallest absolute Gasteiger partial charge is 0.344 e. The second-order valence-corrected chi connectivity index (χ2v) is 10.8. The van der Waals surface area contributed by atoms with Gasteiger partial charge >= 0.3 is 5.97 Å². The van der Waals surface area contributed by atoms with Crippen LogP contribution in [0.1, 0.15) is 89.9 Å². The molecule has 1 fully saturated rings. The molecule has 1 aliphatic rings. The van der Waals surface area contributed by atoms with E-state index in [4.69, 9.17) is 9.84 Å². The average molecular weight is 525 g/mol. The van der Waals surface area contributed by atoms with Crippen LogP contribution in [0.4, 0.5) is 0 Å². The largest absolute Gasteiger partial charge is 0.479 e. The molecule has 39 heavy (non-hydrogen) atoms. The highest BCUT2D eigenvalue weighted by Crippen LogP contribution is 2.40. The molecule has 1 saturated carbocycles. The van der Waals surface area contributed by atoms with E-state index in [1.807, 2.05) is 49.4 Å². The lowest BCUT2D eigenvalue weighted by Gasteiger charge is -2.19. The number of fused-ring (bicyclic) bond motifs is 1. The number of aliphatic carboxylic acids is 1. The van der Waals surface area contributed by atoms with Gasteiger partial charge in [-0.15, -0.1) is 0 Å². The monoisotopic (exact) mass is 524 g/mol. The third kappa shape index (κ3) is 5.42. The van der Waals surface area contributed by atoms with Crippen molar-refractivity contribution in [3.8, 4) is 5.75 Å². The molecule has 0 aliphatic heterocycles. The molecule has 5 rings (SSSR count). The van der Waals surface area contributed by atoms with Crippen LogP contribution in [0.3, 0.4) is 0 Å². The third-order valence-corrected chi connectivity index (χ3v) is 8.04. The molecule has 1 amide bonds. The Balaban J connectivity index is 1.36. The number of nitrogens with zero attached hydrogens (tertiary/aromatic N) is 1. The Labute approximate surface area is 229 Å². The van der Waals surface area contributed by atoms with Crippen LogP contribution < -0.4 is 10.1 Å². The van der Waals surface area contributed by atoms with Crippen molar-refractivity contribution in [2.75, 3.05) is 0 Å². The molecule has 4 aromatic rings. The van der Waals surface area contributed by atoms with Crippen molar-refractivity contribution in [3.63, 3.8) is 0 Å². The van der Waals surface area contributed by atoms with Crippen molar-refractivity contribution in [1.29, 1.82) is 0 Å². The van der Waals surface area contributed by atoms with Gasteiger partial charge in [0.05, 0.1) is 12.1 Å². The van der Waals surface area contributed by atoms with Gasteiger partial charge in [-0.3, -0.25) is 4.79 Å². The molecule has 6 heteroatoms. The van der Waals surface area contributed by atoms with E-state index < -0.39 is 12.1 Å². The van der Waals surface area contributed by atoms with Crippen LogP contribution in [0.5, 0.6) is 5.75 Å². The minimum atomic E-state index is -0.998. The number of carboxylic acid groups (broad SMARTS) is 1.